The normalized spacial score (nSPS) is 10.1. The highest BCUT2D eigenvalue weighted by Gasteiger charge is 2.13. The van der Waals surface area contributed by atoms with Gasteiger partial charge in [0.2, 0.25) is 0 Å². The van der Waals surface area contributed by atoms with Crippen molar-refractivity contribution < 1.29 is 4.92 Å². The molecule has 0 radical (unpaired) electrons. The molecule has 0 atom stereocenters. The number of aromatic amines is 1. The van der Waals surface area contributed by atoms with Crippen molar-refractivity contribution in [2.24, 2.45) is 0 Å². The van der Waals surface area contributed by atoms with Crippen molar-refractivity contribution in [2.75, 3.05) is 5.32 Å². The number of hydrogen-bond donors (Lipinski definition) is 2. The Bertz CT molecular complexity index is 505. The van der Waals surface area contributed by atoms with Gasteiger partial charge in [-0.1, -0.05) is 22.8 Å². The predicted molar refractivity (Wildman–Crippen MR) is 57.5 cm³/mol. The highest BCUT2D eigenvalue weighted by Crippen LogP contribution is 2.14. The van der Waals surface area contributed by atoms with Gasteiger partial charge in [0.25, 0.3) is 0 Å². The Hall–Kier alpha value is -2.44. The summed E-state index contributed by atoms with van der Waals surface area (Å²) < 4.78 is 0. The Morgan fingerprint density at radius 1 is 1.38 bits per heavy atom. The standard InChI is InChI=1S/C9H9N5O2/c1-6-2-4-7(5-3-6)10-8-11-9(13-12-8)14(15)16/h2-5H,1H3,(H2,10,11,12,13). The third kappa shape index (κ3) is 2.14. The molecule has 16 heavy (non-hydrogen) atoms. The molecule has 0 saturated carbocycles. The van der Waals surface area contributed by atoms with Gasteiger partial charge in [-0.2, -0.15) is 0 Å². The first-order valence-corrected chi connectivity index (χ1v) is 4.55. The van der Waals surface area contributed by atoms with Crippen LogP contribution in [0.4, 0.5) is 17.6 Å². The van der Waals surface area contributed by atoms with Gasteiger partial charge >= 0.3 is 11.9 Å². The van der Waals surface area contributed by atoms with Crippen LogP contribution >= 0.6 is 0 Å². The van der Waals surface area contributed by atoms with Gasteiger partial charge in [-0.3, -0.25) is 0 Å². The summed E-state index contributed by atoms with van der Waals surface area (Å²) in [6.45, 7) is 1.97. The third-order valence-electron chi connectivity index (χ3n) is 1.95. The van der Waals surface area contributed by atoms with Crippen molar-refractivity contribution in [1.82, 2.24) is 15.2 Å². The Kier molecular flexibility index (Phi) is 2.50. The summed E-state index contributed by atoms with van der Waals surface area (Å²) >= 11 is 0. The third-order valence-corrected chi connectivity index (χ3v) is 1.95. The Morgan fingerprint density at radius 3 is 2.62 bits per heavy atom. The van der Waals surface area contributed by atoms with E-state index in [1.165, 1.54) is 0 Å². The minimum absolute atomic E-state index is 0.176. The molecular weight excluding hydrogens is 210 g/mol. The molecule has 1 aromatic carbocycles. The number of hydrogen-bond acceptors (Lipinski definition) is 5. The van der Waals surface area contributed by atoms with Gasteiger partial charge in [-0.05, 0) is 29.0 Å². The summed E-state index contributed by atoms with van der Waals surface area (Å²) in [7, 11) is 0. The zero-order valence-electron chi connectivity index (χ0n) is 8.47. The maximum atomic E-state index is 10.4. The fourth-order valence-corrected chi connectivity index (χ4v) is 1.16. The van der Waals surface area contributed by atoms with Gasteiger partial charge in [0.1, 0.15) is 0 Å². The zero-order chi connectivity index (χ0) is 11.5. The molecule has 82 valence electrons. The molecule has 0 aliphatic heterocycles. The maximum absolute atomic E-state index is 10.4. The van der Waals surface area contributed by atoms with E-state index in [4.69, 9.17) is 0 Å². The molecule has 0 aliphatic rings. The van der Waals surface area contributed by atoms with Crippen LogP contribution in [-0.2, 0) is 0 Å². The molecule has 0 unspecified atom stereocenters. The van der Waals surface area contributed by atoms with Crippen LogP contribution in [0.5, 0.6) is 0 Å². The highest BCUT2D eigenvalue weighted by molar-refractivity contribution is 5.53. The van der Waals surface area contributed by atoms with E-state index in [0.29, 0.717) is 0 Å². The van der Waals surface area contributed by atoms with Gasteiger partial charge in [0.15, 0.2) is 0 Å². The van der Waals surface area contributed by atoms with Crippen LogP contribution in [0.1, 0.15) is 5.56 Å². The number of nitrogens with zero attached hydrogens (tertiary/aromatic N) is 3. The molecule has 0 bridgehead atoms. The number of rotatable bonds is 3. The summed E-state index contributed by atoms with van der Waals surface area (Å²) in [5, 5.41) is 19.1. The fraction of sp³-hybridized carbons (Fsp3) is 0.111. The lowest BCUT2D eigenvalue weighted by Crippen LogP contribution is -1.93. The molecule has 1 aromatic heterocycles. The lowest BCUT2D eigenvalue weighted by Gasteiger charge is -1.98. The second kappa shape index (κ2) is 3.97. The van der Waals surface area contributed by atoms with Crippen molar-refractivity contribution in [1.29, 1.82) is 0 Å². The number of aromatic nitrogens is 3. The molecule has 7 heteroatoms. The average Bonchev–Trinajstić information content (AvgIpc) is 2.70. The maximum Gasteiger partial charge on any atom is 0.455 e. The van der Waals surface area contributed by atoms with E-state index in [2.05, 4.69) is 20.5 Å². The van der Waals surface area contributed by atoms with Gasteiger partial charge in [-0.15, -0.1) is 5.10 Å². The molecule has 1 heterocycles. The smallest absolute Gasteiger partial charge is 0.390 e. The first-order chi connectivity index (χ1) is 7.65. The SMILES string of the molecule is Cc1ccc(Nc2n[nH]c([N+](=O)[O-])n2)cc1. The average molecular weight is 219 g/mol. The first-order valence-electron chi connectivity index (χ1n) is 4.55. The number of H-pyrrole nitrogens is 1. The van der Waals surface area contributed by atoms with Crippen molar-refractivity contribution >= 4 is 17.6 Å². The van der Waals surface area contributed by atoms with Crippen LogP contribution in [0.2, 0.25) is 0 Å². The van der Waals surface area contributed by atoms with Gasteiger partial charge in [-0.25, -0.2) is 0 Å². The Morgan fingerprint density at radius 2 is 2.06 bits per heavy atom. The van der Waals surface area contributed by atoms with E-state index in [0.717, 1.165) is 11.3 Å². The molecule has 0 fully saturated rings. The topological polar surface area (TPSA) is 96.7 Å². The molecule has 2 rings (SSSR count). The Balaban J connectivity index is 2.14. The molecule has 0 aliphatic carbocycles. The molecular formula is C9H9N5O2. The Labute approximate surface area is 90.7 Å². The lowest BCUT2D eigenvalue weighted by atomic mass is 10.2. The van der Waals surface area contributed by atoms with Crippen molar-refractivity contribution in [3.63, 3.8) is 0 Å². The summed E-state index contributed by atoms with van der Waals surface area (Å²) in [6.07, 6.45) is 0. The summed E-state index contributed by atoms with van der Waals surface area (Å²) in [4.78, 5) is 13.4. The molecule has 2 aromatic rings. The largest absolute Gasteiger partial charge is 0.455 e. The summed E-state index contributed by atoms with van der Waals surface area (Å²) in [5.74, 6) is -0.204. The number of benzene rings is 1. The molecule has 2 N–H and O–H groups in total. The van der Waals surface area contributed by atoms with Gasteiger partial charge in [0.05, 0.1) is 0 Å². The molecule has 0 amide bonds. The van der Waals surface area contributed by atoms with Crippen LogP contribution in [0, 0.1) is 17.0 Å². The van der Waals surface area contributed by atoms with Crippen LogP contribution in [0.15, 0.2) is 24.3 Å². The second-order valence-electron chi connectivity index (χ2n) is 3.23. The lowest BCUT2D eigenvalue weighted by molar-refractivity contribution is -0.394. The fourth-order valence-electron chi connectivity index (χ4n) is 1.16. The quantitative estimate of drug-likeness (QED) is 0.605. The number of aryl methyl sites for hydroxylation is 1. The van der Waals surface area contributed by atoms with Gasteiger partial charge in [0, 0.05) is 5.69 Å². The highest BCUT2D eigenvalue weighted by atomic mass is 16.6. The van der Waals surface area contributed by atoms with Crippen LogP contribution in [-0.4, -0.2) is 20.1 Å². The summed E-state index contributed by atoms with van der Waals surface area (Å²) in [6, 6.07) is 7.53. The van der Waals surface area contributed by atoms with E-state index >= 15 is 0 Å². The number of nitrogens with one attached hydrogen (secondary N) is 2. The number of nitro groups is 1. The monoisotopic (exact) mass is 219 g/mol. The van der Waals surface area contributed by atoms with Crippen molar-refractivity contribution in [3.8, 4) is 0 Å². The number of anilines is 2. The zero-order valence-corrected chi connectivity index (χ0v) is 8.47. The first kappa shape index (κ1) is 10.1. The van der Waals surface area contributed by atoms with E-state index in [1.807, 2.05) is 31.2 Å². The minimum Gasteiger partial charge on any atom is -0.390 e. The van der Waals surface area contributed by atoms with Crippen molar-refractivity contribution in [2.45, 2.75) is 6.92 Å². The molecule has 0 saturated heterocycles. The van der Waals surface area contributed by atoms with Crippen LogP contribution < -0.4 is 5.32 Å². The van der Waals surface area contributed by atoms with Crippen LogP contribution in [0.3, 0.4) is 0 Å². The molecule has 7 nitrogen and oxygen atoms in total. The van der Waals surface area contributed by atoms with E-state index in [9.17, 15) is 10.1 Å². The second-order valence-corrected chi connectivity index (χ2v) is 3.23. The predicted octanol–water partition coefficient (Wildman–Crippen LogP) is 1.76. The summed E-state index contributed by atoms with van der Waals surface area (Å²) in [5.41, 5.74) is 1.91. The van der Waals surface area contributed by atoms with E-state index in [-0.39, 0.29) is 11.9 Å². The van der Waals surface area contributed by atoms with Crippen molar-refractivity contribution in [3.05, 3.63) is 39.9 Å². The van der Waals surface area contributed by atoms with E-state index in [1.54, 1.807) is 0 Å². The van der Waals surface area contributed by atoms with Crippen LogP contribution in [0.25, 0.3) is 0 Å². The van der Waals surface area contributed by atoms with Gasteiger partial charge < -0.3 is 15.4 Å². The van der Waals surface area contributed by atoms with E-state index < -0.39 is 4.92 Å². The minimum atomic E-state index is -0.632. The molecule has 0 spiro atoms.